The van der Waals surface area contributed by atoms with E-state index in [4.69, 9.17) is 9.47 Å². The van der Waals surface area contributed by atoms with Crippen LogP contribution in [0, 0.1) is 0 Å². The molecule has 4 heteroatoms. The van der Waals surface area contributed by atoms with Gasteiger partial charge in [0.2, 0.25) is 0 Å². The molecule has 1 aliphatic rings. The van der Waals surface area contributed by atoms with Crippen molar-refractivity contribution < 1.29 is 9.47 Å². The van der Waals surface area contributed by atoms with Gasteiger partial charge in [-0.15, -0.1) is 0 Å². The van der Waals surface area contributed by atoms with Crippen LogP contribution in [0.3, 0.4) is 0 Å². The van der Waals surface area contributed by atoms with Crippen LogP contribution in [0.25, 0.3) is 33.7 Å². The number of methoxy groups -OCH3 is 2. The number of ether oxygens (including phenoxy) is 2. The number of fused-ring (bicyclic) bond motifs is 2. The first-order chi connectivity index (χ1) is 28.0. The van der Waals surface area contributed by atoms with E-state index < -0.39 is 0 Å². The molecule has 7 aromatic rings. The fraction of sp³-hybridized carbons (Fsp3) is 0.0566. The van der Waals surface area contributed by atoms with Crippen molar-refractivity contribution in [3.63, 3.8) is 0 Å². The molecule has 0 amide bonds. The molecule has 0 N–H and O–H groups in total. The lowest BCUT2D eigenvalue weighted by Gasteiger charge is -2.27. The number of benzene rings is 7. The average molecular weight is 741 g/mol. The molecule has 278 valence electrons. The van der Waals surface area contributed by atoms with Crippen LogP contribution >= 0.6 is 0 Å². The quantitative estimate of drug-likeness (QED) is 0.130. The summed E-state index contributed by atoms with van der Waals surface area (Å²) < 4.78 is 10.9. The number of allylic oxidation sites excluding steroid dienone is 7. The second-order valence-corrected chi connectivity index (χ2v) is 13.9. The largest absolute Gasteiger partial charge is 0.497 e. The van der Waals surface area contributed by atoms with Gasteiger partial charge in [-0.2, -0.15) is 0 Å². The first-order valence-electron chi connectivity index (χ1n) is 19.1. The molecule has 0 radical (unpaired) electrons. The van der Waals surface area contributed by atoms with Crippen molar-refractivity contribution >= 4 is 62.1 Å². The summed E-state index contributed by atoms with van der Waals surface area (Å²) in [5.74, 6) is 1.68. The molecule has 0 unspecified atom stereocenters. The summed E-state index contributed by atoms with van der Waals surface area (Å²) in [6, 6.07) is 55.8. The van der Waals surface area contributed by atoms with E-state index in [1.807, 2.05) is 24.3 Å². The molecule has 0 aliphatic heterocycles. The van der Waals surface area contributed by atoms with Crippen molar-refractivity contribution in [2.75, 3.05) is 24.0 Å². The first-order valence-corrected chi connectivity index (χ1v) is 19.1. The number of nitrogens with zero attached hydrogens (tertiary/aromatic N) is 2. The van der Waals surface area contributed by atoms with E-state index in [-0.39, 0.29) is 0 Å². The van der Waals surface area contributed by atoms with Gasteiger partial charge in [0.1, 0.15) is 11.5 Å². The molecule has 0 atom stereocenters. The summed E-state index contributed by atoms with van der Waals surface area (Å²) in [7, 11) is 3.39. The molecule has 7 aromatic carbocycles. The van der Waals surface area contributed by atoms with E-state index in [2.05, 4.69) is 198 Å². The maximum absolute atomic E-state index is 5.48. The third-order valence-corrected chi connectivity index (χ3v) is 10.1. The van der Waals surface area contributed by atoms with Gasteiger partial charge in [-0.05, 0) is 148 Å². The minimum Gasteiger partial charge on any atom is -0.497 e. The minimum absolute atomic E-state index is 0.758. The number of hydrogen-bond acceptors (Lipinski definition) is 4. The third-order valence-electron chi connectivity index (χ3n) is 10.1. The predicted octanol–water partition coefficient (Wildman–Crippen LogP) is 14.3. The maximum atomic E-state index is 5.48. The first kappa shape index (κ1) is 36.7. The van der Waals surface area contributed by atoms with Crippen LogP contribution in [0.2, 0.25) is 0 Å². The highest BCUT2D eigenvalue weighted by Gasteiger charge is 2.15. The molecule has 57 heavy (non-hydrogen) atoms. The van der Waals surface area contributed by atoms with Crippen LogP contribution in [0.5, 0.6) is 5.75 Å². The van der Waals surface area contributed by atoms with Crippen molar-refractivity contribution in [2.45, 2.75) is 6.42 Å². The Bertz CT molecular complexity index is 2690. The summed E-state index contributed by atoms with van der Waals surface area (Å²) in [6.07, 6.45) is 17.5. The van der Waals surface area contributed by atoms with Crippen molar-refractivity contribution in [1.29, 1.82) is 0 Å². The normalized spacial score (nSPS) is 16.0. The van der Waals surface area contributed by atoms with Gasteiger partial charge in [0.05, 0.1) is 14.2 Å². The van der Waals surface area contributed by atoms with Crippen molar-refractivity contribution in [3.8, 4) is 5.75 Å². The lowest BCUT2D eigenvalue weighted by Crippen LogP contribution is -2.15. The Balaban J connectivity index is 1.05. The summed E-state index contributed by atoms with van der Waals surface area (Å²) in [6.45, 7) is 4.29. The van der Waals surface area contributed by atoms with Crippen LogP contribution in [0.15, 0.2) is 218 Å². The molecule has 0 heterocycles. The molecule has 8 rings (SSSR count). The Morgan fingerprint density at radius 3 is 1.70 bits per heavy atom. The topological polar surface area (TPSA) is 24.9 Å². The van der Waals surface area contributed by atoms with Gasteiger partial charge in [0.15, 0.2) is 0 Å². The standard InChI is InChI=1S/C53H44N2O2/c1-39-18-32-52(56-2)17-11-10-16-49(34-39)54(46-12-6-4-7-13-46)48-28-22-40(23-29-48)19-20-41-21-24-43-36-50(30-25-42(43)35-41)55(47-14-8-5-9-15-47)51-31-26-45-38-53(57-3)33-27-44(45)37-51/h4-10,12-38H,1,11H2,2-3H3/b16-10-,20-19+,32-18-,49-34+,52-17+. The molecule has 4 nitrogen and oxygen atoms in total. The van der Waals surface area contributed by atoms with E-state index in [9.17, 15) is 0 Å². The molecule has 0 spiro atoms. The van der Waals surface area contributed by atoms with E-state index in [0.29, 0.717) is 0 Å². The van der Waals surface area contributed by atoms with Gasteiger partial charge in [0.25, 0.3) is 0 Å². The highest BCUT2D eigenvalue weighted by molar-refractivity contribution is 5.94. The lowest BCUT2D eigenvalue weighted by molar-refractivity contribution is 0.305. The number of rotatable bonds is 10. The van der Waals surface area contributed by atoms with Crippen LogP contribution in [-0.2, 0) is 4.74 Å². The highest BCUT2D eigenvalue weighted by atomic mass is 16.5. The third kappa shape index (κ3) is 8.51. The monoisotopic (exact) mass is 740 g/mol. The van der Waals surface area contributed by atoms with Crippen LogP contribution in [-0.4, -0.2) is 14.2 Å². The molecule has 0 bridgehead atoms. The van der Waals surface area contributed by atoms with Crippen LogP contribution < -0.4 is 14.5 Å². The zero-order valence-corrected chi connectivity index (χ0v) is 32.3. The van der Waals surface area contributed by atoms with E-state index in [0.717, 1.165) is 79.5 Å². The second kappa shape index (κ2) is 17.0. The Kier molecular flexibility index (Phi) is 10.9. The van der Waals surface area contributed by atoms with Crippen molar-refractivity contribution in [3.05, 3.63) is 229 Å². The van der Waals surface area contributed by atoms with E-state index in [1.165, 1.54) is 10.8 Å². The lowest BCUT2D eigenvalue weighted by atomic mass is 10.0. The Morgan fingerprint density at radius 1 is 0.491 bits per heavy atom. The summed E-state index contributed by atoms with van der Waals surface area (Å²) >= 11 is 0. The Morgan fingerprint density at radius 2 is 1.04 bits per heavy atom. The summed E-state index contributed by atoms with van der Waals surface area (Å²) in [5, 5.41) is 4.67. The molecule has 0 saturated heterocycles. The summed E-state index contributed by atoms with van der Waals surface area (Å²) in [5.41, 5.74) is 9.61. The second-order valence-electron chi connectivity index (χ2n) is 13.9. The number of hydrogen-bond donors (Lipinski definition) is 0. The van der Waals surface area contributed by atoms with Crippen LogP contribution in [0.4, 0.5) is 28.4 Å². The van der Waals surface area contributed by atoms with Gasteiger partial charge in [0, 0.05) is 34.1 Å². The number of para-hydroxylation sites is 2. The molecular weight excluding hydrogens is 697 g/mol. The molecule has 0 aromatic heterocycles. The van der Waals surface area contributed by atoms with Gasteiger partial charge in [-0.3, -0.25) is 0 Å². The fourth-order valence-electron chi connectivity index (χ4n) is 7.15. The maximum Gasteiger partial charge on any atom is 0.119 e. The average Bonchev–Trinajstić information content (AvgIpc) is 3.26. The van der Waals surface area contributed by atoms with Crippen molar-refractivity contribution in [1.82, 2.24) is 0 Å². The molecular formula is C53H44N2O2. The molecule has 1 aliphatic carbocycles. The van der Waals surface area contributed by atoms with Gasteiger partial charge >= 0.3 is 0 Å². The fourth-order valence-corrected chi connectivity index (χ4v) is 7.15. The van der Waals surface area contributed by atoms with Gasteiger partial charge in [-0.25, -0.2) is 0 Å². The highest BCUT2D eigenvalue weighted by Crippen LogP contribution is 2.38. The number of anilines is 5. The predicted molar refractivity (Wildman–Crippen MR) is 242 cm³/mol. The zero-order valence-electron chi connectivity index (χ0n) is 32.3. The van der Waals surface area contributed by atoms with E-state index >= 15 is 0 Å². The Hall–Kier alpha value is -7.30. The van der Waals surface area contributed by atoms with E-state index in [1.54, 1.807) is 14.2 Å². The smallest absolute Gasteiger partial charge is 0.119 e. The van der Waals surface area contributed by atoms with Crippen molar-refractivity contribution in [2.24, 2.45) is 0 Å². The molecule has 0 fully saturated rings. The Labute approximate surface area is 335 Å². The van der Waals surface area contributed by atoms with Gasteiger partial charge < -0.3 is 19.3 Å². The van der Waals surface area contributed by atoms with Crippen LogP contribution in [0.1, 0.15) is 17.5 Å². The summed E-state index contributed by atoms with van der Waals surface area (Å²) in [4.78, 5) is 4.58. The SMILES string of the molecule is C=C1/C=C\C(OC)=C/C/C=C\C(N(c2ccccc2)c2ccc(/C=C/c3ccc4cc(N(c5ccccc5)c5ccc6cc(OC)ccc6c5)ccc4c3)cc2)=C/1. The zero-order chi connectivity index (χ0) is 39.0. The van der Waals surface area contributed by atoms with Gasteiger partial charge in [-0.1, -0.05) is 110 Å². The minimum atomic E-state index is 0.758. The molecule has 0 saturated carbocycles.